The van der Waals surface area contributed by atoms with Gasteiger partial charge < -0.3 is 10.1 Å². The summed E-state index contributed by atoms with van der Waals surface area (Å²) in [6.07, 6.45) is 5.22. The monoisotopic (exact) mass is 289 g/mol. The van der Waals surface area contributed by atoms with E-state index in [1.807, 2.05) is 0 Å². The Kier molecular flexibility index (Phi) is 6.10. The molecular formula is C19H31NO. The lowest BCUT2D eigenvalue weighted by Gasteiger charge is -2.38. The first kappa shape index (κ1) is 16.4. The van der Waals surface area contributed by atoms with Crippen molar-refractivity contribution in [3.8, 4) is 5.75 Å². The van der Waals surface area contributed by atoms with Crippen LogP contribution in [0.1, 0.15) is 52.0 Å². The van der Waals surface area contributed by atoms with Gasteiger partial charge in [0, 0.05) is 6.04 Å². The van der Waals surface area contributed by atoms with E-state index in [2.05, 4.69) is 57.3 Å². The predicted molar refractivity (Wildman–Crippen MR) is 89.9 cm³/mol. The number of rotatable bonds is 6. The Morgan fingerprint density at radius 3 is 2.52 bits per heavy atom. The van der Waals surface area contributed by atoms with Gasteiger partial charge in [0.25, 0.3) is 0 Å². The summed E-state index contributed by atoms with van der Waals surface area (Å²) in [6.45, 7) is 10.1. The van der Waals surface area contributed by atoms with Crippen LogP contribution in [0.3, 0.4) is 0 Å². The fraction of sp³-hybridized carbons (Fsp3) is 0.684. The summed E-state index contributed by atoms with van der Waals surface area (Å²) in [4.78, 5) is 0. The molecule has 0 radical (unpaired) electrons. The number of nitrogens with one attached hydrogen (secondary N) is 1. The van der Waals surface area contributed by atoms with E-state index in [0.29, 0.717) is 12.1 Å². The molecule has 2 nitrogen and oxygen atoms in total. The summed E-state index contributed by atoms with van der Waals surface area (Å²) in [5, 5.41) is 3.69. The molecule has 0 heterocycles. The van der Waals surface area contributed by atoms with Crippen molar-refractivity contribution in [1.82, 2.24) is 5.32 Å². The summed E-state index contributed by atoms with van der Waals surface area (Å²) in [5.41, 5.74) is 1.28. The zero-order valence-electron chi connectivity index (χ0n) is 14.1. The summed E-state index contributed by atoms with van der Waals surface area (Å²) >= 11 is 0. The van der Waals surface area contributed by atoms with Crippen LogP contribution in [-0.4, -0.2) is 18.7 Å². The molecule has 0 aromatic heterocycles. The van der Waals surface area contributed by atoms with Gasteiger partial charge in [0.2, 0.25) is 0 Å². The fourth-order valence-electron chi connectivity index (χ4n) is 3.25. The largest absolute Gasteiger partial charge is 0.489 e. The van der Waals surface area contributed by atoms with Crippen LogP contribution in [0.5, 0.6) is 5.75 Å². The number of hydrogen-bond donors (Lipinski definition) is 1. The standard InChI is InChI=1S/C19H31NO/c1-5-12-20-18-11-8-16(14(2)3)13-19(18)21-17-9-6-15(4)7-10-17/h6-7,9-10,14,16,18-20H,5,8,11-13H2,1-4H3. The molecule has 21 heavy (non-hydrogen) atoms. The molecule has 1 aromatic carbocycles. The first-order chi connectivity index (χ1) is 10.1. The average Bonchev–Trinajstić information content (AvgIpc) is 2.48. The van der Waals surface area contributed by atoms with Gasteiger partial charge in [-0.3, -0.25) is 0 Å². The van der Waals surface area contributed by atoms with E-state index in [-0.39, 0.29) is 0 Å². The van der Waals surface area contributed by atoms with Gasteiger partial charge in [-0.15, -0.1) is 0 Å². The first-order valence-electron chi connectivity index (χ1n) is 8.56. The average molecular weight is 289 g/mol. The second-order valence-electron chi connectivity index (χ2n) is 6.85. The van der Waals surface area contributed by atoms with Crippen molar-refractivity contribution in [2.45, 2.75) is 65.5 Å². The quantitative estimate of drug-likeness (QED) is 0.828. The Labute approximate surface area is 130 Å². The third kappa shape index (κ3) is 4.74. The van der Waals surface area contributed by atoms with Crippen LogP contribution in [0.15, 0.2) is 24.3 Å². The molecule has 3 atom stereocenters. The Balaban J connectivity index is 2.03. The van der Waals surface area contributed by atoms with E-state index in [1.54, 1.807) is 0 Å². The molecular weight excluding hydrogens is 258 g/mol. The van der Waals surface area contributed by atoms with Gasteiger partial charge in [-0.2, -0.15) is 0 Å². The lowest BCUT2D eigenvalue weighted by Crippen LogP contribution is -2.48. The second kappa shape index (κ2) is 7.84. The molecule has 3 unspecified atom stereocenters. The number of benzene rings is 1. The second-order valence-corrected chi connectivity index (χ2v) is 6.85. The molecule has 1 aromatic rings. The molecule has 0 saturated heterocycles. The highest BCUT2D eigenvalue weighted by atomic mass is 16.5. The molecule has 1 saturated carbocycles. The van der Waals surface area contributed by atoms with Gasteiger partial charge in [-0.05, 0) is 63.1 Å². The van der Waals surface area contributed by atoms with E-state index in [4.69, 9.17) is 4.74 Å². The van der Waals surface area contributed by atoms with Gasteiger partial charge in [0.05, 0.1) is 0 Å². The molecule has 0 aliphatic heterocycles. The molecule has 0 spiro atoms. The van der Waals surface area contributed by atoms with Gasteiger partial charge in [0.1, 0.15) is 11.9 Å². The van der Waals surface area contributed by atoms with Gasteiger partial charge in [-0.25, -0.2) is 0 Å². The highest BCUT2D eigenvalue weighted by Crippen LogP contribution is 2.32. The molecule has 2 heteroatoms. The van der Waals surface area contributed by atoms with Gasteiger partial charge in [0.15, 0.2) is 0 Å². The van der Waals surface area contributed by atoms with Crippen LogP contribution < -0.4 is 10.1 Å². The molecule has 1 aliphatic rings. The zero-order chi connectivity index (χ0) is 15.2. The van der Waals surface area contributed by atoms with Crippen molar-refractivity contribution in [2.75, 3.05) is 6.54 Å². The van der Waals surface area contributed by atoms with Crippen LogP contribution in [-0.2, 0) is 0 Å². The van der Waals surface area contributed by atoms with Crippen LogP contribution in [0, 0.1) is 18.8 Å². The first-order valence-corrected chi connectivity index (χ1v) is 8.56. The highest BCUT2D eigenvalue weighted by Gasteiger charge is 2.32. The van der Waals surface area contributed by atoms with Crippen molar-refractivity contribution in [2.24, 2.45) is 11.8 Å². The molecule has 2 rings (SSSR count). The van der Waals surface area contributed by atoms with Crippen LogP contribution in [0.4, 0.5) is 0 Å². The third-order valence-corrected chi connectivity index (χ3v) is 4.74. The van der Waals surface area contributed by atoms with E-state index in [1.165, 1.54) is 31.2 Å². The van der Waals surface area contributed by atoms with Gasteiger partial charge in [-0.1, -0.05) is 38.5 Å². The third-order valence-electron chi connectivity index (χ3n) is 4.74. The van der Waals surface area contributed by atoms with Crippen molar-refractivity contribution in [1.29, 1.82) is 0 Å². The van der Waals surface area contributed by atoms with Crippen molar-refractivity contribution >= 4 is 0 Å². The maximum atomic E-state index is 6.34. The number of aryl methyl sites for hydroxylation is 1. The summed E-state index contributed by atoms with van der Waals surface area (Å²) in [5.74, 6) is 2.56. The molecule has 1 fully saturated rings. The summed E-state index contributed by atoms with van der Waals surface area (Å²) in [6, 6.07) is 8.97. The summed E-state index contributed by atoms with van der Waals surface area (Å²) in [7, 11) is 0. The topological polar surface area (TPSA) is 21.3 Å². The van der Waals surface area contributed by atoms with Gasteiger partial charge >= 0.3 is 0 Å². The molecule has 1 aliphatic carbocycles. The highest BCUT2D eigenvalue weighted by molar-refractivity contribution is 5.26. The Morgan fingerprint density at radius 2 is 1.90 bits per heavy atom. The normalized spacial score (nSPS) is 26.0. The minimum atomic E-state index is 0.306. The molecule has 0 amide bonds. The predicted octanol–water partition coefficient (Wildman–Crippen LogP) is 4.57. The SMILES string of the molecule is CCCNC1CCC(C(C)C)CC1Oc1ccc(C)cc1. The van der Waals surface area contributed by atoms with Crippen molar-refractivity contribution in [3.63, 3.8) is 0 Å². The van der Waals surface area contributed by atoms with Crippen molar-refractivity contribution < 1.29 is 4.74 Å². The smallest absolute Gasteiger partial charge is 0.119 e. The lowest BCUT2D eigenvalue weighted by atomic mass is 9.78. The Morgan fingerprint density at radius 1 is 1.19 bits per heavy atom. The van der Waals surface area contributed by atoms with E-state index in [0.717, 1.165) is 24.1 Å². The summed E-state index contributed by atoms with van der Waals surface area (Å²) < 4.78 is 6.34. The maximum Gasteiger partial charge on any atom is 0.119 e. The van der Waals surface area contributed by atoms with Crippen LogP contribution in [0.25, 0.3) is 0 Å². The van der Waals surface area contributed by atoms with E-state index in [9.17, 15) is 0 Å². The van der Waals surface area contributed by atoms with Crippen molar-refractivity contribution in [3.05, 3.63) is 29.8 Å². The van der Waals surface area contributed by atoms with Crippen LogP contribution in [0.2, 0.25) is 0 Å². The lowest BCUT2D eigenvalue weighted by molar-refractivity contribution is 0.0719. The Bertz CT molecular complexity index is 412. The molecule has 1 N–H and O–H groups in total. The minimum absolute atomic E-state index is 0.306. The number of hydrogen-bond acceptors (Lipinski definition) is 2. The fourth-order valence-corrected chi connectivity index (χ4v) is 3.25. The van der Waals surface area contributed by atoms with E-state index < -0.39 is 0 Å². The minimum Gasteiger partial charge on any atom is -0.489 e. The molecule has 0 bridgehead atoms. The number of ether oxygens (including phenoxy) is 1. The molecule has 118 valence electrons. The van der Waals surface area contributed by atoms with E-state index >= 15 is 0 Å². The zero-order valence-corrected chi connectivity index (χ0v) is 14.1. The van der Waals surface area contributed by atoms with Crippen LogP contribution >= 0.6 is 0 Å². The Hall–Kier alpha value is -1.02. The maximum absolute atomic E-state index is 6.34.